The Morgan fingerprint density at radius 3 is 2.38 bits per heavy atom. The Bertz CT molecular complexity index is 1320. The van der Waals surface area contributed by atoms with Crippen molar-refractivity contribution in [2.24, 2.45) is 0 Å². The third-order valence-electron chi connectivity index (χ3n) is 4.67. The first-order valence-electron chi connectivity index (χ1n) is 9.23. The predicted octanol–water partition coefficient (Wildman–Crippen LogP) is 2.22. The second-order valence-electron chi connectivity index (χ2n) is 6.59. The largest absolute Gasteiger partial charge is 0.497 e. The fourth-order valence-electron chi connectivity index (χ4n) is 2.99. The van der Waals surface area contributed by atoms with Gasteiger partial charge in [-0.2, -0.15) is 14.6 Å². The lowest BCUT2D eigenvalue weighted by molar-refractivity contribution is 0.414. The molecule has 146 valence electrons. The van der Waals surface area contributed by atoms with Crippen LogP contribution in [0.15, 0.2) is 58.1 Å². The molecule has 0 amide bonds. The summed E-state index contributed by atoms with van der Waals surface area (Å²) in [6, 6.07) is 15.4. The molecule has 6 nitrogen and oxygen atoms in total. The van der Waals surface area contributed by atoms with E-state index in [1.165, 1.54) is 21.4 Å². The molecule has 2 aromatic carbocycles. The standard InChI is InChI=1S/C22H19N3O3S/c1-3-14-4-6-16(7-5-14)13-19-21(27)25-22(29-19)23-20(26)18(24-25)12-15-8-10-17(28-2)11-9-15/h4-11,13H,3,12H2,1-2H3/b19-13+. The molecule has 0 radical (unpaired) electrons. The number of benzene rings is 2. The highest BCUT2D eigenvalue weighted by atomic mass is 32.1. The van der Waals surface area contributed by atoms with E-state index in [9.17, 15) is 9.59 Å². The summed E-state index contributed by atoms with van der Waals surface area (Å²) in [7, 11) is 1.60. The van der Waals surface area contributed by atoms with Gasteiger partial charge in [0.05, 0.1) is 11.6 Å². The van der Waals surface area contributed by atoms with Crippen molar-refractivity contribution in [2.75, 3.05) is 7.11 Å². The van der Waals surface area contributed by atoms with Crippen molar-refractivity contribution in [3.05, 3.63) is 96.2 Å². The number of aryl methyl sites for hydroxylation is 1. The van der Waals surface area contributed by atoms with Gasteiger partial charge in [-0.15, -0.1) is 0 Å². The first-order chi connectivity index (χ1) is 14.1. The Balaban J connectivity index is 1.73. The Kier molecular flexibility index (Phi) is 5.22. The van der Waals surface area contributed by atoms with E-state index < -0.39 is 5.56 Å². The lowest BCUT2D eigenvalue weighted by Crippen LogP contribution is -2.28. The van der Waals surface area contributed by atoms with Crippen LogP contribution in [0, 0.1) is 0 Å². The van der Waals surface area contributed by atoms with Gasteiger partial charge in [0.15, 0.2) is 0 Å². The van der Waals surface area contributed by atoms with Gasteiger partial charge < -0.3 is 4.74 Å². The molecule has 0 aliphatic rings. The molecule has 4 rings (SSSR count). The molecule has 29 heavy (non-hydrogen) atoms. The number of aromatic nitrogens is 3. The predicted molar refractivity (Wildman–Crippen MR) is 114 cm³/mol. The van der Waals surface area contributed by atoms with Crippen LogP contribution >= 0.6 is 11.3 Å². The Morgan fingerprint density at radius 1 is 1.03 bits per heavy atom. The number of thiazole rings is 1. The second-order valence-corrected chi connectivity index (χ2v) is 7.60. The summed E-state index contributed by atoms with van der Waals surface area (Å²) < 4.78 is 6.86. The van der Waals surface area contributed by atoms with Crippen molar-refractivity contribution in [1.82, 2.24) is 14.6 Å². The van der Waals surface area contributed by atoms with Crippen molar-refractivity contribution in [1.29, 1.82) is 0 Å². The van der Waals surface area contributed by atoms with Gasteiger partial charge in [0.2, 0.25) is 4.96 Å². The molecule has 2 aromatic heterocycles. The molecule has 0 aliphatic heterocycles. The van der Waals surface area contributed by atoms with Crippen molar-refractivity contribution in [3.8, 4) is 5.75 Å². The van der Waals surface area contributed by atoms with Crippen LogP contribution in [0.1, 0.15) is 29.3 Å². The minimum Gasteiger partial charge on any atom is -0.497 e. The van der Waals surface area contributed by atoms with E-state index in [0.717, 1.165) is 23.3 Å². The van der Waals surface area contributed by atoms with Crippen LogP contribution in [0.25, 0.3) is 11.0 Å². The molecule has 0 N–H and O–H groups in total. The molecule has 0 aliphatic carbocycles. The molecule has 0 bridgehead atoms. The van der Waals surface area contributed by atoms with Crippen LogP contribution in [-0.2, 0) is 12.8 Å². The highest BCUT2D eigenvalue weighted by molar-refractivity contribution is 7.15. The van der Waals surface area contributed by atoms with Gasteiger partial charge in [0.25, 0.3) is 11.1 Å². The van der Waals surface area contributed by atoms with E-state index in [2.05, 4.69) is 17.0 Å². The van der Waals surface area contributed by atoms with Gasteiger partial charge in [0.1, 0.15) is 11.4 Å². The van der Waals surface area contributed by atoms with E-state index in [1.807, 2.05) is 48.5 Å². The van der Waals surface area contributed by atoms with Gasteiger partial charge in [-0.1, -0.05) is 54.7 Å². The molecular formula is C22H19N3O3S. The van der Waals surface area contributed by atoms with Crippen molar-refractivity contribution >= 4 is 22.4 Å². The summed E-state index contributed by atoms with van der Waals surface area (Å²) in [6.07, 6.45) is 3.06. The lowest BCUT2D eigenvalue weighted by Gasteiger charge is -2.02. The van der Waals surface area contributed by atoms with Crippen LogP contribution in [0.2, 0.25) is 0 Å². The molecule has 0 atom stereocenters. The molecule has 2 heterocycles. The van der Waals surface area contributed by atoms with Gasteiger partial charge in [-0.05, 0) is 41.3 Å². The van der Waals surface area contributed by atoms with Crippen LogP contribution in [0.4, 0.5) is 0 Å². The molecular weight excluding hydrogens is 386 g/mol. The number of ether oxygens (including phenoxy) is 1. The zero-order chi connectivity index (χ0) is 20.4. The minimum absolute atomic E-state index is 0.237. The third-order valence-corrected chi connectivity index (χ3v) is 5.63. The summed E-state index contributed by atoms with van der Waals surface area (Å²) in [5.41, 5.74) is 2.60. The summed E-state index contributed by atoms with van der Waals surface area (Å²) in [4.78, 5) is 29.5. The van der Waals surface area contributed by atoms with E-state index in [1.54, 1.807) is 13.2 Å². The molecule has 0 fully saturated rings. The fourth-order valence-corrected chi connectivity index (χ4v) is 3.89. The highest BCUT2D eigenvalue weighted by Gasteiger charge is 2.12. The van der Waals surface area contributed by atoms with E-state index in [-0.39, 0.29) is 11.3 Å². The Labute approximate surface area is 170 Å². The maximum absolute atomic E-state index is 12.8. The normalized spacial score (nSPS) is 11.9. The monoisotopic (exact) mass is 405 g/mol. The zero-order valence-electron chi connectivity index (χ0n) is 16.1. The molecule has 7 heteroatoms. The minimum atomic E-state index is -0.416. The van der Waals surface area contributed by atoms with E-state index in [0.29, 0.717) is 15.9 Å². The summed E-state index contributed by atoms with van der Waals surface area (Å²) >= 11 is 1.17. The first-order valence-corrected chi connectivity index (χ1v) is 10.1. The van der Waals surface area contributed by atoms with Gasteiger partial charge in [0, 0.05) is 6.42 Å². The maximum atomic E-state index is 12.8. The van der Waals surface area contributed by atoms with Crippen LogP contribution < -0.4 is 20.4 Å². The van der Waals surface area contributed by atoms with Gasteiger partial charge in [-0.25, -0.2) is 0 Å². The number of nitrogens with zero attached hydrogens (tertiary/aromatic N) is 3. The molecule has 0 spiro atoms. The average Bonchev–Trinajstić information content (AvgIpc) is 3.04. The third kappa shape index (κ3) is 3.95. The zero-order valence-corrected chi connectivity index (χ0v) is 16.9. The maximum Gasteiger partial charge on any atom is 0.296 e. The first kappa shape index (κ1) is 19.0. The van der Waals surface area contributed by atoms with Crippen LogP contribution in [0.3, 0.4) is 0 Å². The summed E-state index contributed by atoms with van der Waals surface area (Å²) in [5, 5.41) is 4.29. The highest BCUT2D eigenvalue weighted by Crippen LogP contribution is 2.13. The summed E-state index contributed by atoms with van der Waals surface area (Å²) in [5.74, 6) is 0.735. The number of hydrogen-bond acceptors (Lipinski definition) is 6. The molecule has 4 aromatic rings. The van der Waals surface area contributed by atoms with Gasteiger partial charge in [-0.3, -0.25) is 9.59 Å². The SMILES string of the molecule is CCc1ccc(/C=c2/sc3nc(=O)c(Cc4ccc(OC)cc4)nn3c2=O)cc1. The van der Waals surface area contributed by atoms with E-state index >= 15 is 0 Å². The van der Waals surface area contributed by atoms with Gasteiger partial charge >= 0.3 is 0 Å². The lowest BCUT2D eigenvalue weighted by atomic mass is 10.1. The van der Waals surface area contributed by atoms with Crippen molar-refractivity contribution in [2.45, 2.75) is 19.8 Å². The average molecular weight is 405 g/mol. The second kappa shape index (κ2) is 7.97. The number of rotatable bonds is 5. The topological polar surface area (TPSA) is 73.6 Å². The number of fused-ring (bicyclic) bond motifs is 1. The van der Waals surface area contributed by atoms with Crippen molar-refractivity contribution < 1.29 is 4.74 Å². The van der Waals surface area contributed by atoms with Crippen molar-refractivity contribution in [3.63, 3.8) is 0 Å². The van der Waals surface area contributed by atoms with E-state index in [4.69, 9.17) is 4.74 Å². The quantitative estimate of drug-likeness (QED) is 0.509. The molecule has 0 saturated carbocycles. The van der Waals surface area contributed by atoms with Crippen LogP contribution in [0.5, 0.6) is 5.75 Å². The van der Waals surface area contributed by atoms with Crippen LogP contribution in [-0.4, -0.2) is 21.7 Å². The molecule has 0 unspecified atom stereocenters. The number of methoxy groups -OCH3 is 1. The smallest absolute Gasteiger partial charge is 0.296 e. The Hall–Kier alpha value is -3.32. The fraction of sp³-hybridized carbons (Fsp3) is 0.182. The number of hydrogen-bond donors (Lipinski definition) is 0. The summed E-state index contributed by atoms with van der Waals surface area (Å²) in [6.45, 7) is 2.10. The Morgan fingerprint density at radius 2 is 1.72 bits per heavy atom. The molecule has 0 saturated heterocycles.